The van der Waals surface area contributed by atoms with Gasteiger partial charge < -0.3 is 29.7 Å². The fourth-order valence-corrected chi connectivity index (χ4v) is 6.95. The van der Waals surface area contributed by atoms with Crippen molar-refractivity contribution < 1.29 is 14.7 Å². The number of amides is 3. The van der Waals surface area contributed by atoms with Crippen molar-refractivity contribution in [1.29, 1.82) is 0 Å². The van der Waals surface area contributed by atoms with E-state index in [1.807, 2.05) is 38.8 Å². The molecule has 3 fully saturated rings. The zero-order valence-electron chi connectivity index (χ0n) is 20.8. The van der Waals surface area contributed by atoms with Crippen LogP contribution < -0.4 is 5.32 Å². The van der Waals surface area contributed by atoms with E-state index in [-0.39, 0.29) is 29.9 Å². The van der Waals surface area contributed by atoms with Gasteiger partial charge in [-0.3, -0.25) is 4.79 Å². The van der Waals surface area contributed by atoms with Crippen LogP contribution in [0.3, 0.4) is 0 Å². The van der Waals surface area contributed by atoms with E-state index in [9.17, 15) is 14.7 Å². The molecule has 2 N–H and O–H groups in total. The molecule has 4 heterocycles. The van der Waals surface area contributed by atoms with Crippen LogP contribution >= 0.6 is 0 Å². The van der Waals surface area contributed by atoms with E-state index in [2.05, 4.69) is 22.4 Å². The third kappa shape index (κ3) is 3.98. The van der Waals surface area contributed by atoms with Gasteiger partial charge in [-0.1, -0.05) is 43.2 Å². The van der Waals surface area contributed by atoms with Gasteiger partial charge in [-0.15, -0.1) is 0 Å². The Morgan fingerprint density at radius 2 is 1.92 bits per heavy atom. The minimum Gasteiger partial charge on any atom is -0.387 e. The number of aromatic nitrogens is 2. The molecule has 192 valence electrons. The van der Waals surface area contributed by atoms with Crippen molar-refractivity contribution >= 4 is 11.9 Å². The molecule has 4 aliphatic rings. The van der Waals surface area contributed by atoms with Crippen LogP contribution in [0.4, 0.5) is 4.79 Å². The van der Waals surface area contributed by atoms with Crippen LogP contribution in [0, 0.1) is 5.41 Å². The lowest BCUT2D eigenvalue weighted by atomic mass is 9.65. The van der Waals surface area contributed by atoms with Gasteiger partial charge in [0.25, 0.3) is 0 Å². The summed E-state index contributed by atoms with van der Waals surface area (Å²) in [4.78, 5) is 37.0. The Kier molecular flexibility index (Phi) is 6.00. The van der Waals surface area contributed by atoms with E-state index in [0.29, 0.717) is 39.1 Å². The van der Waals surface area contributed by atoms with E-state index in [0.717, 1.165) is 50.2 Å². The maximum Gasteiger partial charge on any atom is 0.320 e. The van der Waals surface area contributed by atoms with Crippen molar-refractivity contribution in [3.8, 4) is 0 Å². The van der Waals surface area contributed by atoms with E-state index in [1.54, 1.807) is 11.1 Å². The Balaban J connectivity index is 1.21. The summed E-state index contributed by atoms with van der Waals surface area (Å²) >= 11 is 0. The molecule has 9 heteroatoms. The molecule has 6 rings (SSSR count). The predicted molar refractivity (Wildman–Crippen MR) is 134 cm³/mol. The van der Waals surface area contributed by atoms with Gasteiger partial charge in [0.1, 0.15) is 12.4 Å². The molecule has 0 bridgehead atoms. The molecule has 3 amide bonds. The summed E-state index contributed by atoms with van der Waals surface area (Å²) in [5, 5.41) is 15.6. The average Bonchev–Trinajstić information content (AvgIpc) is 3.56. The highest BCUT2D eigenvalue weighted by atomic mass is 16.3. The van der Waals surface area contributed by atoms with Crippen molar-refractivity contribution in [3.05, 3.63) is 54.1 Å². The molecule has 2 atom stereocenters. The van der Waals surface area contributed by atoms with Crippen LogP contribution in [0.2, 0.25) is 0 Å². The van der Waals surface area contributed by atoms with E-state index in [4.69, 9.17) is 0 Å². The Morgan fingerprint density at radius 3 is 2.72 bits per heavy atom. The predicted octanol–water partition coefficient (Wildman–Crippen LogP) is 1.99. The van der Waals surface area contributed by atoms with Gasteiger partial charge in [0.2, 0.25) is 5.91 Å². The van der Waals surface area contributed by atoms with Gasteiger partial charge in [-0.25, -0.2) is 9.78 Å². The topological polar surface area (TPSA) is 93.9 Å². The molecule has 1 aromatic heterocycles. The Hall–Kier alpha value is -2.91. The highest BCUT2D eigenvalue weighted by Gasteiger charge is 2.57. The molecular formula is C27H36N6O3. The first-order valence-corrected chi connectivity index (χ1v) is 13.3. The summed E-state index contributed by atoms with van der Waals surface area (Å²) in [6.45, 7) is 4.24. The summed E-state index contributed by atoms with van der Waals surface area (Å²) in [5.74, 6) is 0.879. The molecule has 1 spiro atoms. The van der Waals surface area contributed by atoms with Gasteiger partial charge in [-0.05, 0) is 24.8 Å². The second kappa shape index (κ2) is 9.19. The van der Waals surface area contributed by atoms with Crippen molar-refractivity contribution in [1.82, 2.24) is 29.6 Å². The zero-order valence-corrected chi connectivity index (χ0v) is 20.8. The quantitative estimate of drug-likeness (QED) is 0.684. The number of hydrogen-bond donors (Lipinski definition) is 2. The third-order valence-corrected chi connectivity index (χ3v) is 9.03. The number of carbonyl (C=O) groups excluding carboxylic acids is 2. The van der Waals surface area contributed by atoms with E-state index < -0.39 is 5.60 Å². The zero-order chi connectivity index (χ0) is 24.8. The summed E-state index contributed by atoms with van der Waals surface area (Å²) < 4.78 is 1.88. The molecular weight excluding hydrogens is 456 g/mol. The number of hydrogen-bond acceptors (Lipinski definition) is 5. The lowest BCUT2D eigenvalue weighted by molar-refractivity contribution is -0.159. The van der Waals surface area contributed by atoms with Crippen molar-refractivity contribution in [2.45, 2.75) is 56.8 Å². The number of urea groups is 1. The molecule has 36 heavy (non-hydrogen) atoms. The van der Waals surface area contributed by atoms with Gasteiger partial charge in [0, 0.05) is 50.5 Å². The number of aliphatic hydroxyl groups is 1. The van der Waals surface area contributed by atoms with Crippen LogP contribution in [-0.2, 0) is 17.9 Å². The van der Waals surface area contributed by atoms with E-state index >= 15 is 0 Å². The summed E-state index contributed by atoms with van der Waals surface area (Å²) in [6, 6.07) is 10.3. The van der Waals surface area contributed by atoms with Crippen LogP contribution in [0.15, 0.2) is 42.7 Å². The first-order chi connectivity index (χ1) is 17.5. The number of nitrogens with zero attached hydrogens (tertiary/aromatic N) is 5. The van der Waals surface area contributed by atoms with Crippen LogP contribution in [-0.4, -0.2) is 86.2 Å². The minimum absolute atomic E-state index is 0.00232. The van der Waals surface area contributed by atoms with Gasteiger partial charge in [0.15, 0.2) is 0 Å². The second-order valence-corrected chi connectivity index (χ2v) is 11.0. The number of carbonyl (C=O) groups is 2. The summed E-state index contributed by atoms with van der Waals surface area (Å²) in [7, 11) is 0. The molecule has 2 unspecified atom stereocenters. The number of benzene rings is 1. The number of β-amino-alcohol motifs (C(OH)–C–C–N with tert-alkyl or cyclic N) is 1. The minimum atomic E-state index is -1.01. The number of nitrogens with one attached hydrogen (secondary N) is 1. The fraction of sp³-hybridized carbons (Fsp3) is 0.593. The molecule has 1 aromatic carbocycles. The van der Waals surface area contributed by atoms with E-state index in [1.165, 1.54) is 0 Å². The smallest absolute Gasteiger partial charge is 0.320 e. The lowest BCUT2D eigenvalue weighted by Crippen LogP contribution is -2.66. The van der Waals surface area contributed by atoms with Crippen LogP contribution in [0.1, 0.15) is 49.5 Å². The first-order valence-electron chi connectivity index (χ1n) is 13.3. The maximum absolute atomic E-state index is 13.9. The van der Waals surface area contributed by atoms with Crippen LogP contribution in [0.25, 0.3) is 0 Å². The number of piperazine rings is 1. The number of imidazole rings is 1. The number of fused-ring (bicyclic) bond motifs is 1. The fourth-order valence-electron chi connectivity index (χ4n) is 6.95. The third-order valence-electron chi connectivity index (χ3n) is 9.03. The number of piperidine rings is 1. The van der Waals surface area contributed by atoms with Gasteiger partial charge in [0.05, 0.1) is 24.7 Å². The summed E-state index contributed by atoms with van der Waals surface area (Å²) in [6.07, 6.45) is 7.90. The highest BCUT2D eigenvalue weighted by Crippen LogP contribution is 2.51. The Labute approximate surface area is 212 Å². The van der Waals surface area contributed by atoms with Gasteiger partial charge in [-0.2, -0.15) is 0 Å². The van der Waals surface area contributed by atoms with Crippen molar-refractivity contribution in [3.63, 3.8) is 0 Å². The molecule has 2 saturated heterocycles. The number of likely N-dealkylation sites (tertiary alicyclic amines) is 1. The Bertz CT molecular complexity index is 1110. The van der Waals surface area contributed by atoms with Crippen LogP contribution in [0.5, 0.6) is 0 Å². The molecule has 3 aliphatic heterocycles. The SMILES string of the molecule is O=C1Cn2ccnc2CN1CC1(O)CCN(C(=O)N2CCNCC2c2ccccc2)CC12CCCC2. The molecule has 1 aliphatic carbocycles. The normalized spacial score (nSPS) is 28.0. The molecule has 9 nitrogen and oxygen atoms in total. The first kappa shape index (κ1) is 23.5. The van der Waals surface area contributed by atoms with Crippen molar-refractivity contribution in [2.75, 3.05) is 39.3 Å². The van der Waals surface area contributed by atoms with Gasteiger partial charge >= 0.3 is 6.03 Å². The van der Waals surface area contributed by atoms with Crippen molar-refractivity contribution in [2.24, 2.45) is 5.41 Å². The second-order valence-electron chi connectivity index (χ2n) is 11.0. The lowest BCUT2D eigenvalue weighted by Gasteiger charge is -2.54. The largest absolute Gasteiger partial charge is 0.387 e. The maximum atomic E-state index is 13.9. The molecule has 1 saturated carbocycles. The summed E-state index contributed by atoms with van der Waals surface area (Å²) in [5.41, 5.74) is -0.249. The standard InChI is InChI=1S/C27H36N6O3/c34-24-18-30-14-12-29-23(30)17-32(24)20-27(36)10-13-31(19-26(27)8-4-5-9-26)25(35)33-15-11-28-16-22(33)21-6-2-1-3-7-21/h1-3,6-7,12,14,22,28,36H,4-5,8-11,13,15-20H2. The molecule has 2 aromatic rings. The average molecular weight is 493 g/mol. The highest BCUT2D eigenvalue weighted by molar-refractivity contribution is 5.77. The monoisotopic (exact) mass is 492 g/mol. The Morgan fingerprint density at radius 1 is 1.11 bits per heavy atom. The number of rotatable bonds is 3. The molecule has 0 radical (unpaired) electrons.